The Morgan fingerprint density at radius 1 is 1.30 bits per heavy atom. The summed E-state index contributed by atoms with van der Waals surface area (Å²) in [5, 5.41) is 0.609. The van der Waals surface area contributed by atoms with Crippen molar-refractivity contribution < 1.29 is 9.13 Å². The smallest absolute Gasteiger partial charge is 0.146 e. The Kier molecular flexibility index (Phi) is 3.63. The number of fused-ring (bicyclic) bond motifs is 1. The SMILES string of the molecule is Fc1cc2[nH]c(COc3cccc(Cl)c3)nc2cc1Br. The highest BCUT2D eigenvalue weighted by molar-refractivity contribution is 9.10. The number of halogens is 3. The summed E-state index contributed by atoms with van der Waals surface area (Å²) in [5.41, 5.74) is 1.32. The highest BCUT2D eigenvalue weighted by Crippen LogP contribution is 2.22. The van der Waals surface area contributed by atoms with E-state index in [2.05, 4.69) is 25.9 Å². The standard InChI is InChI=1S/C14H9BrClFN2O/c15-10-5-12-13(6-11(10)17)19-14(18-12)7-20-9-3-1-2-8(16)4-9/h1-6H,7H2,(H,18,19). The summed E-state index contributed by atoms with van der Waals surface area (Å²) in [6, 6.07) is 10.1. The van der Waals surface area contributed by atoms with Gasteiger partial charge in [0.25, 0.3) is 0 Å². The molecule has 0 fully saturated rings. The largest absolute Gasteiger partial charge is 0.486 e. The summed E-state index contributed by atoms with van der Waals surface area (Å²) in [6.45, 7) is 0.258. The summed E-state index contributed by atoms with van der Waals surface area (Å²) in [7, 11) is 0. The fraction of sp³-hybridized carbons (Fsp3) is 0.0714. The van der Waals surface area contributed by atoms with Gasteiger partial charge in [-0.1, -0.05) is 17.7 Å². The number of ether oxygens (including phenoxy) is 1. The number of nitrogens with zero attached hydrogens (tertiary/aromatic N) is 1. The molecule has 3 rings (SSSR count). The van der Waals surface area contributed by atoms with Crippen molar-refractivity contribution in [2.75, 3.05) is 0 Å². The van der Waals surface area contributed by atoms with E-state index in [1.165, 1.54) is 6.07 Å². The molecule has 3 nitrogen and oxygen atoms in total. The van der Waals surface area contributed by atoms with Crippen molar-refractivity contribution in [1.82, 2.24) is 9.97 Å². The van der Waals surface area contributed by atoms with Gasteiger partial charge in [-0.2, -0.15) is 0 Å². The van der Waals surface area contributed by atoms with Gasteiger partial charge in [-0.05, 0) is 40.2 Å². The number of aromatic amines is 1. The van der Waals surface area contributed by atoms with Crippen LogP contribution in [0, 0.1) is 5.82 Å². The summed E-state index contributed by atoms with van der Waals surface area (Å²) in [5.74, 6) is 0.950. The Labute approximate surface area is 127 Å². The van der Waals surface area contributed by atoms with Crippen molar-refractivity contribution in [3.8, 4) is 5.75 Å². The second-order valence-electron chi connectivity index (χ2n) is 4.21. The topological polar surface area (TPSA) is 37.9 Å². The molecule has 1 heterocycles. The van der Waals surface area contributed by atoms with Crippen molar-refractivity contribution in [1.29, 1.82) is 0 Å². The maximum absolute atomic E-state index is 13.4. The maximum atomic E-state index is 13.4. The first-order chi connectivity index (χ1) is 9.61. The number of hydrogen-bond donors (Lipinski definition) is 1. The molecule has 0 saturated carbocycles. The number of aromatic nitrogens is 2. The summed E-state index contributed by atoms with van der Waals surface area (Å²) in [4.78, 5) is 7.36. The third-order valence-electron chi connectivity index (χ3n) is 2.74. The number of nitrogens with one attached hydrogen (secondary N) is 1. The van der Waals surface area contributed by atoms with Gasteiger partial charge in [-0.25, -0.2) is 9.37 Å². The van der Waals surface area contributed by atoms with Crippen molar-refractivity contribution in [2.24, 2.45) is 0 Å². The van der Waals surface area contributed by atoms with Crippen LogP contribution in [-0.4, -0.2) is 9.97 Å². The van der Waals surface area contributed by atoms with Crippen molar-refractivity contribution >= 4 is 38.6 Å². The summed E-state index contributed by atoms with van der Waals surface area (Å²) >= 11 is 9.01. The first-order valence-electron chi connectivity index (χ1n) is 5.84. The van der Waals surface area contributed by atoms with Crippen LogP contribution in [0.4, 0.5) is 4.39 Å². The van der Waals surface area contributed by atoms with Gasteiger partial charge in [0.2, 0.25) is 0 Å². The van der Waals surface area contributed by atoms with E-state index in [1.807, 2.05) is 12.1 Å². The molecule has 0 unspecified atom stereocenters. The maximum Gasteiger partial charge on any atom is 0.146 e. The molecule has 0 aliphatic heterocycles. The molecule has 1 N–H and O–H groups in total. The quantitative estimate of drug-likeness (QED) is 0.739. The minimum absolute atomic E-state index is 0.258. The van der Waals surface area contributed by atoms with Crippen LogP contribution in [0.15, 0.2) is 40.9 Å². The van der Waals surface area contributed by atoms with Gasteiger partial charge in [0.05, 0.1) is 15.5 Å². The van der Waals surface area contributed by atoms with E-state index in [-0.39, 0.29) is 12.4 Å². The molecule has 0 radical (unpaired) electrons. The molecule has 6 heteroatoms. The average molecular weight is 356 g/mol. The molecule has 0 spiro atoms. The van der Waals surface area contributed by atoms with E-state index >= 15 is 0 Å². The van der Waals surface area contributed by atoms with Gasteiger partial charge in [-0.15, -0.1) is 0 Å². The second-order valence-corrected chi connectivity index (χ2v) is 5.50. The molecule has 0 bridgehead atoms. The molecule has 0 aliphatic rings. The van der Waals surface area contributed by atoms with Gasteiger partial charge in [0.15, 0.2) is 0 Å². The summed E-state index contributed by atoms with van der Waals surface area (Å²) < 4.78 is 19.4. The Morgan fingerprint density at radius 3 is 2.95 bits per heavy atom. The highest BCUT2D eigenvalue weighted by atomic mass is 79.9. The number of H-pyrrole nitrogens is 1. The van der Waals surface area contributed by atoms with E-state index < -0.39 is 0 Å². The molecule has 2 aromatic carbocycles. The van der Waals surface area contributed by atoms with Crippen LogP contribution in [0.3, 0.4) is 0 Å². The van der Waals surface area contributed by atoms with Crippen LogP contribution >= 0.6 is 27.5 Å². The fourth-order valence-electron chi connectivity index (χ4n) is 1.83. The van der Waals surface area contributed by atoms with E-state index in [1.54, 1.807) is 18.2 Å². The minimum atomic E-state index is -0.330. The molecule has 3 aromatic rings. The number of imidazole rings is 1. The molecule has 0 amide bonds. The van der Waals surface area contributed by atoms with E-state index in [4.69, 9.17) is 16.3 Å². The van der Waals surface area contributed by atoms with Gasteiger partial charge < -0.3 is 9.72 Å². The lowest BCUT2D eigenvalue weighted by molar-refractivity contribution is 0.297. The molecular weight excluding hydrogens is 347 g/mol. The fourth-order valence-corrected chi connectivity index (χ4v) is 2.35. The van der Waals surface area contributed by atoms with Gasteiger partial charge in [-0.3, -0.25) is 0 Å². The number of benzene rings is 2. The van der Waals surface area contributed by atoms with Gasteiger partial charge in [0.1, 0.15) is 24.0 Å². The molecule has 1 aromatic heterocycles. The minimum Gasteiger partial charge on any atom is -0.486 e. The lowest BCUT2D eigenvalue weighted by Crippen LogP contribution is -1.97. The Morgan fingerprint density at radius 2 is 2.15 bits per heavy atom. The zero-order valence-corrected chi connectivity index (χ0v) is 12.5. The van der Waals surface area contributed by atoms with Crippen LogP contribution in [0.5, 0.6) is 5.75 Å². The highest BCUT2D eigenvalue weighted by Gasteiger charge is 2.08. The monoisotopic (exact) mass is 354 g/mol. The van der Waals surface area contributed by atoms with Crippen molar-refractivity contribution in [2.45, 2.75) is 6.61 Å². The zero-order chi connectivity index (χ0) is 14.1. The predicted molar refractivity (Wildman–Crippen MR) is 79.5 cm³/mol. The van der Waals surface area contributed by atoms with Crippen LogP contribution in [0.2, 0.25) is 5.02 Å². The third kappa shape index (κ3) is 2.78. The molecular formula is C14H9BrClFN2O. The first-order valence-corrected chi connectivity index (χ1v) is 7.01. The molecule has 102 valence electrons. The van der Waals surface area contributed by atoms with Crippen LogP contribution in [0.25, 0.3) is 11.0 Å². The summed E-state index contributed by atoms with van der Waals surface area (Å²) in [6.07, 6.45) is 0. The van der Waals surface area contributed by atoms with Crippen LogP contribution < -0.4 is 4.74 Å². The van der Waals surface area contributed by atoms with Gasteiger partial charge in [0, 0.05) is 11.1 Å². The normalized spacial score (nSPS) is 10.9. The third-order valence-corrected chi connectivity index (χ3v) is 3.59. The van der Waals surface area contributed by atoms with Crippen LogP contribution in [0.1, 0.15) is 5.82 Å². The van der Waals surface area contributed by atoms with Gasteiger partial charge >= 0.3 is 0 Å². The average Bonchev–Trinajstić information content (AvgIpc) is 2.79. The van der Waals surface area contributed by atoms with E-state index in [9.17, 15) is 4.39 Å². The Bertz CT molecular complexity index is 736. The first kappa shape index (κ1) is 13.4. The van der Waals surface area contributed by atoms with E-state index in [0.717, 1.165) is 0 Å². The Hall–Kier alpha value is -1.59. The van der Waals surface area contributed by atoms with Crippen molar-refractivity contribution in [3.05, 3.63) is 57.5 Å². The lowest BCUT2D eigenvalue weighted by atomic mass is 10.3. The number of hydrogen-bond acceptors (Lipinski definition) is 2. The predicted octanol–water partition coefficient (Wildman–Crippen LogP) is 4.70. The zero-order valence-electron chi connectivity index (χ0n) is 10.2. The molecule has 0 atom stereocenters. The molecule has 0 aliphatic carbocycles. The number of rotatable bonds is 3. The lowest BCUT2D eigenvalue weighted by Gasteiger charge is -2.03. The molecule has 20 heavy (non-hydrogen) atoms. The second kappa shape index (κ2) is 5.42. The Balaban J connectivity index is 1.81. The van der Waals surface area contributed by atoms with Crippen LogP contribution in [-0.2, 0) is 6.61 Å². The van der Waals surface area contributed by atoms with E-state index in [0.29, 0.717) is 32.1 Å². The molecule has 0 saturated heterocycles. The van der Waals surface area contributed by atoms with Crippen molar-refractivity contribution in [3.63, 3.8) is 0 Å².